The smallest absolute Gasteiger partial charge is 0.230 e. The molecule has 1 aromatic heterocycles. The number of carbonyl (C=O) groups excluding carboxylic acids is 1. The minimum absolute atomic E-state index is 0.0662. The number of hydrogen-bond acceptors (Lipinski definition) is 3. The van der Waals surface area contributed by atoms with Crippen molar-refractivity contribution in [2.24, 2.45) is 0 Å². The van der Waals surface area contributed by atoms with Gasteiger partial charge in [0.05, 0.1) is 12.5 Å². The molecule has 0 radical (unpaired) electrons. The Morgan fingerprint density at radius 3 is 2.86 bits per heavy atom. The lowest BCUT2D eigenvalue weighted by Crippen LogP contribution is -2.34. The summed E-state index contributed by atoms with van der Waals surface area (Å²) < 4.78 is 6.21. The third-order valence-electron chi connectivity index (χ3n) is 4.04. The van der Waals surface area contributed by atoms with Gasteiger partial charge in [0, 0.05) is 22.8 Å². The van der Waals surface area contributed by atoms with Crippen molar-refractivity contribution < 1.29 is 9.53 Å². The summed E-state index contributed by atoms with van der Waals surface area (Å²) in [6.07, 6.45) is 3.45. The largest absolute Gasteiger partial charge is 0.481 e. The van der Waals surface area contributed by atoms with Gasteiger partial charge >= 0.3 is 0 Å². The number of hydrogen-bond donors (Lipinski definition) is 1. The van der Waals surface area contributed by atoms with E-state index < -0.39 is 0 Å². The first kappa shape index (κ1) is 15.0. The molecule has 0 unspecified atom stereocenters. The molecule has 0 aliphatic heterocycles. The van der Waals surface area contributed by atoms with Crippen LogP contribution in [0.25, 0.3) is 0 Å². The molecule has 1 heterocycles. The van der Waals surface area contributed by atoms with Crippen LogP contribution in [0.1, 0.15) is 24.0 Å². The number of rotatable bonds is 5. The van der Waals surface area contributed by atoms with E-state index in [0.717, 1.165) is 28.4 Å². The first-order chi connectivity index (χ1) is 10.7. The molecule has 5 heteroatoms. The average Bonchev–Trinajstić information content (AvgIpc) is 3.35. The lowest BCUT2D eigenvalue weighted by Gasteiger charge is -2.16. The Morgan fingerprint density at radius 2 is 2.18 bits per heavy atom. The van der Waals surface area contributed by atoms with Crippen LogP contribution in [0.15, 0.2) is 47.1 Å². The van der Waals surface area contributed by atoms with E-state index in [2.05, 4.69) is 26.2 Å². The van der Waals surface area contributed by atoms with E-state index in [-0.39, 0.29) is 11.3 Å². The van der Waals surface area contributed by atoms with Crippen LogP contribution in [0.2, 0.25) is 0 Å². The molecule has 4 nitrogen and oxygen atoms in total. The van der Waals surface area contributed by atoms with Gasteiger partial charge < -0.3 is 10.1 Å². The van der Waals surface area contributed by atoms with Crippen LogP contribution >= 0.6 is 15.9 Å². The molecule has 22 heavy (non-hydrogen) atoms. The SMILES string of the molecule is COc1ncccc1CNC(=O)C1(c2cccc(Br)c2)CC1. The second-order valence-electron chi connectivity index (χ2n) is 5.45. The molecule has 114 valence electrons. The van der Waals surface area contributed by atoms with E-state index in [0.29, 0.717) is 12.4 Å². The molecule has 0 spiro atoms. The predicted octanol–water partition coefficient (Wildman–Crippen LogP) is 3.20. The van der Waals surface area contributed by atoms with Gasteiger partial charge in [-0.25, -0.2) is 4.98 Å². The van der Waals surface area contributed by atoms with Crippen LogP contribution in [-0.2, 0) is 16.8 Å². The molecular weight excluding hydrogens is 344 g/mol. The maximum absolute atomic E-state index is 12.6. The van der Waals surface area contributed by atoms with Crippen molar-refractivity contribution in [3.63, 3.8) is 0 Å². The number of amides is 1. The molecule has 1 amide bonds. The Kier molecular flexibility index (Phi) is 4.16. The Bertz CT molecular complexity index is 699. The van der Waals surface area contributed by atoms with Gasteiger partial charge in [0.1, 0.15) is 0 Å². The normalized spacial score (nSPS) is 15.2. The first-order valence-electron chi connectivity index (χ1n) is 7.18. The Labute approximate surface area is 138 Å². The zero-order valence-electron chi connectivity index (χ0n) is 12.3. The van der Waals surface area contributed by atoms with Crippen molar-refractivity contribution in [1.29, 1.82) is 0 Å². The standard InChI is InChI=1S/C17H17BrN2O2/c1-22-15-12(4-3-9-19-15)11-20-16(21)17(7-8-17)13-5-2-6-14(18)10-13/h2-6,9-10H,7-8,11H2,1H3,(H,20,21). The van der Waals surface area contributed by atoms with Gasteiger partial charge in [-0.05, 0) is 36.6 Å². The van der Waals surface area contributed by atoms with Gasteiger partial charge in [-0.15, -0.1) is 0 Å². The van der Waals surface area contributed by atoms with Gasteiger partial charge in [0.2, 0.25) is 11.8 Å². The lowest BCUT2D eigenvalue weighted by atomic mass is 9.95. The maximum Gasteiger partial charge on any atom is 0.230 e. The van der Waals surface area contributed by atoms with Crippen molar-refractivity contribution in [2.75, 3.05) is 7.11 Å². The molecule has 3 rings (SSSR count). The summed E-state index contributed by atoms with van der Waals surface area (Å²) in [7, 11) is 1.58. The van der Waals surface area contributed by atoms with Crippen molar-refractivity contribution in [3.05, 3.63) is 58.2 Å². The summed E-state index contributed by atoms with van der Waals surface area (Å²) >= 11 is 3.47. The fraction of sp³-hybridized carbons (Fsp3) is 0.294. The van der Waals surface area contributed by atoms with Crippen molar-refractivity contribution in [2.45, 2.75) is 24.8 Å². The molecule has 1 aromatic carbocycles. The number of carbonyl (C=O) groups is 1. The van der Waals surface area contributed by atoms with Crippen LogP contribution in [-0.4, -0.2) is 18.0 Å². The maximum atomic E-state index is 12.6. The quantitative estimate of drug-likeness (QED) is 0.890. The number of halogens is 1. The minimum atomic E-state index is -0.376. The van der Waals surface area contributed by atoms with Crippen LogP contribution in [0.5, 0.6) is 5.88 Å². The van der Waals surface area contributed by atoms with Crippen LogP contribution in [0.3, 0.4) is 0 Å². The Morgan fingerprint density at radius 1 is 1.36 bits per heavy atom. The summed E-state index contributed by atoms with van der Waals surface area (Å²) in [6.45, 7) is 0.422. The van der Waals surface area contributed by atoms with E-state index in [4.69, 9.17) is 4.74 Å². The zero-order valence-corrected chi connectivity index (χ0v) is 13.9. The topological polar surface area (TPSA) is 51.2 Å². The average molecular weight is 361 g/mol. The first-order valence-corrected chi connectivity index (χ1v) is 7.97. The van der Waals surface area contributed by atoms with E-state index in [1.54, 1.807) is 13.3 Å². The number of aromatic nitrogens is 1. The molecule has 1 aliphatic carbocycles. The van der Waals surface area contributed by atoms with Gasteiger partial charge in [-0.3, -0.25) is 4.79 Å². The molecule has 1 saturated carbocycles. The fourth-order valence-corrected chi connectivity index (χ4v) is 3.04. The van der Waals surface area contributed by atoms with Crippen molar-refractivity contribution in [1.82, 2.24) is 10.3 Å². The molecule has 2 aromatic rings. The van der Waals surface area contributed by atoms with Crippen LogP contribution in [0, 0.1) is 0 Å². The zero-order chi connectivity index (χ0) is 15.6. The summed E-state index contributed by atoms with van der Waals surface area (Å²) in [5.74, 6) is 0.617. The molecule has 1 fully saturated rings. The second-order valence-corrected chi connectivity index (χ2v) is 6.36. The second kappa shape index (κ2) is 6.08. The molecule has 0 atom stereocenters. The summed E-state index contributed by atoms with van der Waals surface area (Å²) in [5, 5.41) is 3.02. The molecule has 0 bridgehead atoms. The number of pyridine rings is 1. The Balaban J connectivity index is 1.72. The predicted molar refractivity (Wildman–Crippen MR) is 87.7 cm³/mol. The van der Waals surface area contributed by atoms with E-state index in [9.17, 15) is 4.79 Å². The summed E-state index contributed by atoms with van der Waals surface area (Å²) in [4.78, 5) is 16.8. The number of benzene rings is 1. The number of nitrogens with zero attached hydrogens (tertiary/aromatic N) is 1. The highest BCUT2D eigenvalue weighted by atomic mass is 79.9. The molecular formula is C17H17BrN2O2. The monoisotopic (exact) mass is 360 g/mol. The fourth-order valence-electron chi connectivity index (χ4n) is 2.65. The van der Waals surface area contributed by atoms with E-state index in [1.165, 1.54) is 0 Å². The van der Waals surface area contributed by atoms with Crippen molar-refractivity contribution >= 4 is 21.8 Å². The van der Waals surface area contributed by atoms with Gasteiger partial charge in [0.25, 0.3) is 0 Å². The van der Waals surface area contributed by atoms with E-state index in [1.807, 2.05) is 36.4 Å². The highest BCUT2D eigenvalue weighted by molar-refractivity contribution is 9.10. The van der Waals surface area contributed by atoms with Crippen molar-refractivity contribution in [3.8, 4) is 5.88 Å². The number of methoxy groups -OCH3 is 1. The van der Waals surface area contributed by atoms with Gasteiger partial charge in [-0.2, -0.15) is 0 Å². The highest BCUT2D eigenvalue weighted by Crippen LogP contribution is 2.48. The number of ether oxygens (including phenoxy) is 1. The highest BCUT2D eigenvalue weighted by Gasteiger charge is 2.51. The minimum Gasteiger partial charge on any atom is -0.481 e. The van der Waals surface area contributed by atoms with Gasteiger partial charge in [0.15, 0.2) is 0 Å². The molecule has 0 saturated heterocycles. The third kappa shape index (κ3) is 2.86. The van der Waals surface area contributed by atoms with Crippen LogP contribution in [0.4, 0.5) is 0 Å². The summed E-state index contributed by atoms with van der Waals surface area (Å²) in [5.41, 5.74) is 1.57. The third-order valence-corrected chi connectivity index (χ3v) is 4.54. The van der Waals surface area contributed by atoms with Crippen LogP contribution < -0.4 is 10.1 Å². The molecule has 1 N–H and O–H groups in total. The van der Waals surface area contributed by atoms with E-state index >= 15 is 0 Å². The molecule has 1 aliphatic rings. The lowest BCUT2D eigenvalue weighted by molar-refractivity contribution is -0.123. The van der Waals surface area contributed by atoms with Gasteiger partial charge in [-0.1, -0.05) is 34.1 Å². The summed E-state index contributed by atoms with van der Waals surface area (Å²) in [6, 6.07) is 11.7. The Hall–Kier alpha value is -1.88. The number of nitrogens with one attached hydrogen (secondary N) is 1.